The van der Waals surface area contributed by atoms with Gasteiger partial charge in [-0.3, -0.25) is 4.79 Å². The number of methoxy groups -OCH3 is 3. The highest BCUT2D eigenvalue weighted by Crippen LogP contribution is 2.36. The largest absolute Gasteiger partial charge is 0.497 e. The van der Waals surface area contributed by atoms with Crippen LogP contribution in [0.4, 0.5) is 11.5 Å². The van der Waals surface area contributed by atoms with Crippen molar-refractivity contribution in [1.82, 2.24) is 4.98 Å². The molecule has 0 fully saturated rings. The van der Waals surface area contributed by atoms with Gasteiger partial charge < -0.3 is 29.6 Å². The van der Waals surface area contributed by atoms with Crippen LogP contribution in [0.15, 0.2) is 71.8 Å². The third kappa shape index (κ3) is 5.03. The molecule has 0 spiro atoms. The van der Waals surface area contributed by atoms with E-state index in [0.717, 1.165) is 0 Å². The maximum Gasteiger partial charge on any atom is 0.337 e. The van der Waals surface area contributed by atoms with E-state index in [2.05, 4.69) is 15.6 Å². The SMILES string of the molecule is C.COC(=O)c1cc(NC(=O)C2=CCC(OC)=C(OC)C=C2)cc(C2Nc3ncccc3O2)c1. The van der Waals surface area contributed by atoms with E-state index in [1.165, 1.54) is 14.2 Å². The molecular formula is C25H27N3O6. The summed E-state index contributed by atoms with van der Waals surface area (Å²) in [5, 5.41) is 6.00. The van der Waals surface area contributed by atoms with E-state index in [1.54, 1.807) is 61.9 Å². The summed E-state index contributed by atoms with van der Waals surface area (Å²) in [6.45, 7) is 0. The minimum absolute atomic E-state index is 0. The maximum absolute atomic E-state index is 13.0. The first-order valence-corrected chi connectivity index (χ1v) is 10.1. The molecule has 0 saturated carbocycles. The number of aromatic nitrogens is 1. The molecule has 178 valence electrons. The standard InChI is InChI=1S/C24H23N3O6.CH4/c1-30-18-8-6-14(7-9-19(18)31-2)22(28)26-17-12-15(11-16(13-17)24(29)32-3)23-27-21-20(33-23)5-4-10-25-21;/h4-8,10-13,23H,9H2,1-3H3,(H,25,27)(H,26,28);1H4. The van der Waals surface area contributed by atoms with Crippen molar-refractivity contribution < 1.29 is 28.5 Å². The molecule has 2 heterocycles. The molecule has 1 atom stereocenters. The van der Waals surface area contributed by atoms with E-state index in [4.69, 9.17) is 18.9 Å². The molecule has 9 nitrogen and oxygen atoms in total. The number of nitrogens with zero attached hydrogens (tertiary/aromatic N) is 1. The predicted octanol–water partition coefficient (Wildman–Crippen LogP) is 4.34. The summed E-state index contributed by atoms with van der Waals surface area (Å²) in [6.07, 6.45) is 6.54. The van der Waals surface area contributed by atoms with Crippen molar-refractivity contribution in [3.63, 3.8) is 0 Å². The fourth-order valence-electron chi connectivity index (χ4n) is 3.50. The fraction of sp³-hybridized carbons (Fsp3) is 0.240. The molecule has 0 bridgehead atoms. The molecule has 4 rings (SSSR count). The molecule has 0 saturated heterocycles. The molecule has 2 aromatic rings. The van der Waals surface area contributed by atoms with Gasteiger partial charge in [-0.1, -0.05) is 13.5 Å². The smallest absolute Gasteiger partial charge is 0.337 e. The van der Waals surface area contributed by atoms with Crippen LogP contribution in [0.3, 0.4) is 0 Å². The van der Waals surface area contributed by atoms with Crippen molar-refractivity contribution >= 4 is 23.4 Å². The zero-order valence-electron chi connectivity index (χ0n) is 18.4. The third-order valence-corrected chi connectivity index (χ3v) is 5.15. The Kier molecular flexibility index (Phi) is 7.57. The van der Waals surface area contributed by atoms with Crippen LogP contribution in [0.1, 0.15) is 36.0 Å². The Morgan fingerprint density at radius 1 is 1.15 bits per heavy atom. The van der Waals surface area contributed by atoms with Gasteiger partial charge >= 0.3 is 5.97 Å². The lowest BCUT2D eigenvalue weighted by molar-refractivity contribution is -0.112. The van der Waals surface area contributed by atoms with Crippen molar-refractivity contribution in [2.45, 2.75) is 20.1 Å². The number of anilines is 2. The maximum atomic E-state index is 13.0. The Balaban J connectivity index is 0.00000324. The summed E-state index contributed by atoms with van der Waals surface area (Å²) in [4.78, 5) is 29.5. The number of hydrogen-bond donors (Lipinski definition) is 2. The molecule has 9 heteroatoms. The lowest BCUT2D eigenvalue weighted by atomic mass is 10.1. The first-order valence-electron chi connectivity index (χ1n) is 10.1. The monoisotopic (exact) mass is 465 g/mol. The van der Waals surface area contributed by atoms with E-state index < -0.39 is 12.2 Å². The first kappa shape index (κ1) is 24.4. The number of carbonyl (C=O) groups is 2. The number of carbonyl (C=O) groups excluding carboxylic acids is 2. The van der Waals surface area contributed by atoms with Crippen LogP contribution in [-0.2, 0) is 19.0 Å². The number of ether oxygens (including phenoxy) is 4. The Morgan fingerprint density at radius 2 is 1.97 bits per heavy atom. The highest BCUT2D eigenvalue weighted by molar-refractivity contribution is 6.06. The number of allylic oxidation sites excluding steroid dienone is 2. The van der Waals surface area contributed by atoms with Gasteiger partial charge in [0.1, 0.15) is 5.76 Å². The van der Waals surface area contributed by atoms with Gasteiger partial charge in [-0.15, -0.1) is 0 Å². The van der Waals surface area contributed by atoms with Crippen LogP contribution in [0, 0.1) is 0 Å². The average molecular weight is 466 g/mol. The zero-order chi connectivity index (χ0) is 23.4. The summed E-state index contributed by atoms with van der Waals surface area (Å²) in [7, 11) is 4.39. The fourth-order valence-corrected chi connectivity index (χ4v) is 3.50. The van der Waals surface area contributed by atoms with Crippen molar-refractivity contribution in [3.05, 3.63) is 83.0 Å². The Hall–Kier alpha value is -4.27. The Labute approximate surface area is 198 Å². The molecule has 0 radical (unpaired) electrons. The quantitative estimate of drug-likeness (QED) is 0.607. The highest BCUT2D eigenvalue weighted by atomic mass is 16.5. The summed E-state index contributed by atoms with van der Waals surface area (Å²) in [6, 6.07) is 8.49. The summed E-state index contributed by atoms with van der Waals surface area (Å²) < 4.78 is 21.4. The van der Waals surface area contributed by atoms with Crippen LogP contribution in [0.2, 0.25) is 0 Å². The molecule has 1 aliphatic heterocycles. The molecule has 1 amide bonds. The number of esters is 1. The number of pyridine rings is 1. The Morgan fingerprint density at radius 3 is 2.68 bits per heavy atom. The summed E-state index contributed by atoms with van der Waals surface area (Å²) >= 11 is 0. The topological polar surface area (TPSA) is 108 Å². The van der Waals surface area contributed by atoms with Crippen LogP contribution in [0.5, 0.6) is 5.75 Å². The van der Waals surface area contributed by atoms with Gasteiger partial charge in [-0.25, -0.2) is 9.78 Å². The normalized spacial score (nSPS) is 16.1. The average Bonchev–Trinajstić information content (AvgIpc) is 3.16. The highest BCUT2D eigenvalue weighted by Gasteiger charge is 2.26. The molecule has 1 aromatic carbocycles. The van der Waals surface area contributed by atoms with Gasteiger partial charge in [-0.2, -0.15) is 0 Å². The molecule has 2 aliphatic rings. The van der Waals surface area contributed by atoms with E-state index in [1.807, 2.05) is 0 Å². The van der Waals surface area contributed by atoms with Crippen LogP contribution in [-0.4, -0.2) is 38.2 Å². The predicted molar refractivity (Wildman–Crippen MR) is 127 cm³/mol. The number of amides is 1. The lowest BCUT2D eigenvalue weighted by Gasteiger charge is -2.15. The van der Waals surface area contributed by atoms with Crippen molar-refractivity contribution in [2.24, 2.45) is 0 Å². The third-order valence-electron chi connectivity index (χ3n) is 5.15. The van der Waals surface area contributed by atoms with Crippen molar-refractivity contribution in [1.29, 1.82) is 0 Å². The number of nitrogens with one attached hydrogen (secondary N) is 2. The first-order chi connectivity index (χ1) is 16.0. The minimum Gasteiger partial charge on any atom is -0.497 e. The van der Waals surface area contributed by atoms with Crippen molar-refractivity contribution in [3.8, 4) is 5.75 Å². The van der Waals surface area contributed by atoms with E-state index >= 15 is 0 Å². The van der Waals surface area contributed by atoms with Gasteiger partial charge in [0.25, 0.3) is 5.91 Å². The van der Waals surface area contributed by atoms with Crippen LogP contribution < -0.4 is 15.4 Å². The second kappa shape index (κ2) is 10.6. The van der Waals surface area contributed by atoms with Gasteiger partial charge in [-0.05, 0) is 42.5 Å². The molecule has 1 aliphatic carbocycles. The number of benzene rings is 1. The number of rotatable bonds is 6. The molecule has 1 unspecified atom stereocenters. The minimum atomic E-state index is -0.579. The van der Waals surface area contributed by atoms with Gasteiger partial charge in [0.05, 0.1) is 26.9 Å². The number of fused-ring (bicyclic) bond motifs is 1. The molecule has 2 N–H and O–H groups in total. The molecule has 1 aromatic heterocycles. The lowest BCUT2D eigenvalue weighted by Crippen LogP contribution is -2.16. The van der Waals surface area contributed by atoms with Gasteiger partial charge in [0.2, 0.25) is 0 Å². The summed E-state index contributed by atoms with van der Waals surface area (Å²) in [5.74, 6) is 1.47. The van der Waals surface area contributed by atoms with Crippen molar-refractivity contribution in [2.75, 3.05) is 32.0 Å². The van der Waals surface area contributed by atoms with Gasteiger partial charge in [0, 0.05) is 29.4 Å². The van der Waals surface area contributed by atoms with Crippen LogP contribution in [0.25, 0.3) is 0 Å². The van der Waals surface area contributed by atoms with E-state index in [0.29, 0.717) is 46.3 Å². The van der Waals surface area contributed by atoms with Crippen LogP contribution >= 0.6 is 0 Å². The Bertz CT molecular complexity index is 1160. The zero-order valence-corrected chi connectivity index (χ0v) is 18.4. The molecule has 34 heavy (non-hydrogen) atoms. The molecular weight excluding hydrogens is 438 g/mol. The number of hydrogen-bond acceptors (Lipinski definition) is 8. The second-order valence-electron chi connectivity index (χ2n) is 7.17. The van der Waals surface area contributed by atoms with E-state index in [-0.39, 0.29) is 18.9 Å². The van der Waals surface area contributed by atoms with Gasteiger partial charge in [0.15, 0.2) is 23.6 Å². The summed E-state index contributed by atoms with van der Waals surface area (Å²) in [5.41, 5.74) is 1.74. The van der Waals surface area contributed by atoms with E-state index in [9.17, 15) is 9.59 Å². The second-order valence-corrected chi connectivity index (χ2v) is 7.17.